The molecule has 62 heavy (non-hydrogen) atoms. The number of aryl methyl sites for hydroxylation is 2. The van der Waals surface area contributed by atoms with Gasteiger partial charge in [0.05, 0.1) is 0 Å². The van der Waals surface area contributed by atoms with Crippen LogP contribution in [-0.2, 0) is 54.0 Å². The first-order valence-corrected chi connectivity index (χ1v) is 24.0. The van der Waals surface area contributed by atoms with E-state index in [1.807, 2.05) is 12.2 Å². The van der Waals surface area contributed by atoms with Crippen molar-refractivity contribution in [1.29, 1.82) is 0 Å². The molecule has 0 atom stereocenters. The molecule has 0 amide bonds. The van der Waals surface area contributed by atoms with Crippen molar-refractivity contribution in [2.75, 3.05) is 0 Å². The second-order valence-corrected chi connectivity index (χ2v) is 20.2. The normalized spacial score (nSPS) is 12.2. The number of allylic oxidation sites excluding steroid dienone is 4. The Balaban J connectivity index is 0.000000252. The number of hydrogen-bond acceptors (Lipinski definition) is 0. The molecule has 8 rings (SSSR count). The Morgan fingerprint density at radius 1 is 0.581 bits per heavy atom. The van der Waals surface area contributed by atoms with Crippen LogP contribution in [0.5, 0.6) is 0 Å². The van der Waals surface area contributed by atoms with Crippen molar-refractivity contribution in [3.05, 3.63) is 202 Å². The van der Waals surface area contributed by atoms with Gasteiger partial charge in [0.25, 0.3) is 0 Å². The molecule has 2 aliphatic rings. The van der Waals surface area contributed by atoms with Crippen molar-refractivity contribution in [3.63, 3.8) is 0 Å². The van der Waals surface area contributed by atoms with Gasteiger partial charge in [0.15, 0.2) is 0 Å². The van der Waals surface area contributed by atoms with E-state index < -0.39 is 0 Å². The largest absolute Gasteiger partial charge is 0.273 e. The molecule has 0 nitrogen and oxygen atoms in total. The predicted octanol–water partition coefficient (Wildman–Crippen LogP) is 16.6. The maximum absolute atomic E-state index is 3.88. The summed E-state index contributed by atoms with van der Waals surface area (Å²) in [6.07, 6.45) is 18.5. The Labute approximate surface area is 402 Å². The fourth-order valence-electron chi connectivity index (χ4n) is 8.05. The third-order valence-electron chi connectivity index (χ3n) is 11.5. The van der Waals surface area contributed by atoms with Gasteiger partial charge in [-0.25, -0.2) is 12.2 Å². The first kappa shape index (κ1) is 50.8. The molecule has 3 heteroatoms. The summed E-state index contributed by atoms with van der Waals surface area (Å²) in [6, 6.07) is 51.3. The van der Waals surface area contributed by atoms with Crippen LogP contribution in [0, 0.1) is 12.1 Å². The summed E-state index contributed by atoms with van der Waals surface area (Å²) in [5.41, 5.74) is 19.2. The molecule has 0 N–H and O–H groups in total. The molecule has 0 aromatic heterocycles. The van der Waals surface area contributed by atoms with Gasteiger partial charge in [-0.15, -0.1) is 60.1 Å². The molecule has 0 unspecified atom stereocenters. The topological polar surface area (TPSA) is 0 Å². The monoisotopic (exact) mass is 1020 g/mol. The van der Waals surface area contributed by atoms with Gasteiger partial charge in [-0.2, -0.15) is 6.08 Å². The number of rotatable bonds is 10. The molecule has 0 aliphatic heterocycles. The SMILES string of the molecule is CC(C)(C)c1cc2c([c-]c1-c1ccccc1)Cc1cc(-c3ccccc3)c(C(C)(C)C)cc1-2.CCCCc1ccc([C](=[Hf+2])c2ccc(CCCC)cc2)cc1.Cl.Cl.[C-]1=CC=CC1. The average Bonchev–Trinajstić information content (AvgIpc) is 3.97. The van der Waals surface area contributed by atoms with Crippen LogP contribution >= 0.6 is 24.8 Å². The number of halogens is 2. The average molecular weight is 1020 g/mol. The van der Waals surface area contributed by atoms with Crippen LogP contribution in [0.15, 0.2) is 146 Å². The van der Waals surface area contributed by atoms with Crippen molar-refractivity contribution in [2.24, 2.45) is 0 Å². The number of benzene rings is 6. The minimum Gasteiger partial charge on any atom is -0.273 e. The molecule has 320 valence electrons. The van der Waals surface area contributed by atoms with E-state index in [4.69, 9.17) is 0 Å². The summed E-state index contributed by atoms with van der Waals surface area (Å²) in [7, 11) is 0. The first-order valence-electron chi connectivity index (χ1n) is 22.2. The molecule has 0 saturated carbocycles. The minimum atomic E-state index is 0. The Morgan fingerprint density at radius 3 is 1.52 bits per heavy atom. The smallest absolute Gasteiger partial charge is 0.109 e. The van der Waals surface area contributed by atoms with Crippen molar-refractivity contribution in [2.45, 2.75) is 118 Å². The van der Waals surface area contributed by atoms with Gasteiger partial charge in [0.1, 0.15) is 0 Å². The molecule has 0 fully saturated rings. The summed E-state index contributed by atoms with van der Waals surface area (Å²) in [6.45, 7) is 18.4. The van der Waals surface area contributed by atoms with Crippen molar-refractivity contribution in [3.8, 4) is 33.4 Å². The Hall–Kier alpha value is -3.88. The first-order chi connectivity index (χ1) is 28.9. The summed E-state index contributed by atoms with van der Waals surface area (Å²) < 4.78 is 1.50. The van der Waals surface area contributed by atoms with Gasteiger partial charge in [-0.3, -0.25) is 6.08 Å². The number of unbranched alkanes of at least 4 members (excludes halogenated alkanes) is 2. The Morgan fingerprint density at radius 2 is 1.08 bits per heavy atom. The van der Waals surface area contributed by atoms with Gasteiger partial charge < -0.3 is 0 Å². The van der Waals surface area contributed by atoms with E-state index in [-0.39, 0.29) is 35.6 Å². The maximum atomic E-state index is 3.88. The van der Waals surface area contributed by atoms with E-state index in [1.54, 1.807) is 0 Å². The fourth-order valence-corrected chi connectivity index (χ4v) is 9.24. The molecule has 0 bridgehead atoms. The van der Waals surface area contributed by atoms with E-state index >= 15 is 0 Å². The van der Waals surface area contributed by atoms with Crippen molar-refractivity contribution < 1.29 is 23.9 Å². The van der Waals surface area contributed by atoms with Gasteiger partial charge in [0.2, 0.25) is 0 Å². The molecular weight excluding hydrogens is 958 g/mol. The van der Waals surface area contributed by atoms with Crippen LogP contribution < -0.4 is 0 Å². The zero-order chi connectivity index (χ0) is 42.7. The molecule has 0 spiro atoms. The molecule has 0 heterocycles. The van der Waals surface area contributed by atoms with Crippen LogP contribution in [0.2, 0.25) is 0 Å². The Bertz CT molecular complexity index is 2220. The van der Waals surface area contributed by atoms with Crippen LogP contribution in [0.3, 0.4) is 0 Å². The second kappa shape index (κ2) is 23.7. The summed E-state index contributed by atoms with van der Waals surface area (Å²) in [5.74, 6) is 0. The molecule has 0 radical (unpaired) electrons. The molecule has 6 aromatic carbocycles. The van der Waals surface area contributed by atoms with E-state index in [1.165, 1.54) is 120 Å². The second-order valence-electron chi connectivity index (χ2n) is 18.4. The van der Waals surface area contributed by atoms with Crippen molar-refractivity contribution >= 4 is 28.1 Å². The van der Waals surface area contributed by atoms with E-state index in [2.05, 4.69) is 201 Å². The maximum Gasteiger partial charge on any atom is -0.109 e. The van der Waals surface area contributed by atoms with Crippen LogP contribution in [0.1, 0.15) is 132 Å². The van der Waals surface area contributed by atoms with Gasteiger partial charge in [-0.1, -0.05) is 131 Å². The Kier molecular flexibility index (Phi) is 19.4. The summed E-state index contributed by atoms with van der Waals surface area (Å²) in [4.78, 5) is 0. The predicted molar refractivity (Wildman–Crippen MR) is 271 cm³/mol. The zero-order valence-corrected chi connectivity index (χ0v) is 43.6. The van der Waals surface area contributed by atoms with Gasteiger partial charge >= 0.3 is 150 Å². The molecule has 6 aromatic rings. The van der Waals surface area contributed by atoms with Crippen LogP contribution in [0.25, 0.3) is 33.4 Å². The third-order valence-corrected chi connectivity index (χ3v) is 13.6. The summed E-state index contributed by atoms with van der Waals surface area (Å²) in [5, 5.41) is 0. The standard InChI is InChI=1S/C33H33.C21H26.C5H5.2ClH.Hf/c1-32(2,3)30-20-26-24(18-28(30)22-13-9-7-10-14-22)17-25-19-29(23-15-11-8-12-16-23)31(21-27(25)26)33(4,5)6;1-3-5-7-18-9-13-20(14-10-18)17-21-15-11-19(12-16-21)8-6-4-2;1-2-4-5-3-1;;;/h7-16,18,20-21H,17H2,1-6H3;9-16H,3-8H2,1-2H3;1-3H,4H2;2*1H;/q-1;;-1;;;+2. The fraction of sp³-hybridized carbons (Fsp3) is 0.305. The minimum absolute atomic E-state index is 0. The number of fused-ring (bicyclic) bond motifs is 3. The molecule has 2 aliphatic carbocycles. The van der Waals surface area contributed by atoms with Crippen LogP contribution in [0.4, 0.5) is 0 Å². The zero-order valence-electron chi connectivity index (χ0n) is 38.3. The van der Waals surface area contributed by atoms with Gasteiger partial charge in [0, 0.05) is 0 Å². The van der Waals surface area contributed by atoms with Crippen LogP contribution in [-0.4, -0.2) is 3.26 Å². The quantitative estimate of drug-likeness (QED) is 0.0946. The molecule has 0 saturated heterocycles. The molecular formula is C59H66Cl2Hf. The van der Waals surface area contributed by atoms with E-state index in [0.717, 1.165) is 36.7 Å². The number of hydrogen-bond donors (Lipinski definition) is 0. The third kappa shape index (κ3) is 13.3. The van der Waals surface area contributed by atoms with Gasteiger partial charge in [-0.05, 0) is 39.5 Å². The summed E-state index contributed by atoms with van der Waals surface area (Å²) >= 11 is 1.08. The van der Waals surface area contributed by atoms with Crippen molar-refractivity contribution in [1.82, 2.24) is 0 Å². The van der Waals surface area contributed by atoms with E-state index in [0.29, 0.717) is 0 Å². The van der Waals surface area contributed by atoms with E-state index in [9.17, 15) is 0 Å².